The van der Waals surface area contributed by atoms with Gasteiger partial charge in [0.15, 0.2) is 0 Å². The molecule has 5 heteroatoms. The maximum atomic E-state index is 11.3. The van der Waals surface area contributed by atoms with Crippen LogP contribution in [-0.4, -0.2) is 31.4 Å². The van der Waals surface area contributed by atoms with Crippen LogP contribution in [0.2, 0.25) is 0 Å². The van der Waals surface area contributed by atoms with E-state index >= 15 is 0 Å². The molecule has 0 bridgehead atoms. The highest BCUT2D eigenvalue weighted by atomic mass is 16.2. The van der Waals surface area contributed by atoms with E-state index in [0.29, 0.717) is 12.3 Å². The zero-order valence-electron chi connectivity index (χ0n) is 8.92. The summed E-state index contributed by atoms with van der Waals surface area (Å²) >= 11 is 0. The van der Waals surface area contributed by atoms with E-state index in [0.717, 1.165) is 32.4 Å². The van der Waals surface area contributed by atoms with E-state index < -0.39 is 5.91 Å². The Bertz CT molecular complexity index is 225. The van der Waals surface area contributed by atoms with Crippen LogP contribution in [0.25, 0.3) is 0 Å². The summed E-state index contributed by atoms with van der Waals surface area (Å²) in [7, 11) is 0. The van der Waals surface area contributed by atoms with Gasteiger partial charge in [-0.05, 0) is 38.3 Å². The molecule has 1 rings (SSSR count). The van der Waals surface area contributed by atoms with Crippen molar-refractivity contribution in [3.05, 3.63) is 0 Å². The summed E-state index contributed by atoms with van der Waals surface area (Å²) in [6.07, 6.45) is 3.69. The van der Waals surface area contributed by atoms with Crippen LogP contribution < -0.4 is 16.4 Å². The van der Waals surface area contributed by atoms with E-state index in [1.165, 1.54) is 0 Å². The van der Waals surface area contributed by atoms with Crippen LogP contribution in [0.15, 0.2) is 0 Å². The fourth-order valence-corrected chi connectivity index (χ4v) is 1.78. The molecule has 1 fully saturated rings. The van der Waals surface area contributed by atoms with Crippen LogP contribution in [0.5, 0.6) is 0 Å². The van der Waals surface area contributed by atoms with Crippen LogP contribution in [0, 0.1) is 5.92 Å². The zero-order chi connectivity index (χ0) is 11.1. The van der Waals surface area contributed by atoms with Crippen molar-refractivity contribution in [2.75, 3.05) is 19.6 Å². The van der Waals surface area contributed by atoms with Crippen molar-refractivity contribution in [2.45, 2.75) is 25.7 Å². The lowest BCUT2D eigenvalue weighted by Gasteiger charge is -2.22. The molecule has 0 unspecified atom stereocenters. The fraction of sp³-hybridized carbons (Fsp3) is 0.800. The van der Waals surface area contributed by atoms with Gasteiger partial charge in [0.2, 0.25) is 11.8 Å². The lowest BCUT2D eigenvalue weighted by Crippen LogP contribution is -2.34. The molecular formula is C10H19N3O2. The lowest BCUT2D eigenvalue weighted by molar-refractivity contribution is -0.125. The molecule has 0 radical (unpaired) electrons. The van der Waals surface area contributed by atoms with Gasteiger partial charge in [-0.25, -0.2) is 0 Å². The molecule has 1 heterocycles. The van der Waals surface area contributed by atoms with Crippen molar-refractivity contribution in [3.8, 4) is 0 Å². The first-order chi connectivity index (χ1) is 7.18. The zero-order valence-corrected chi connectivity index (χ0v) is 8.92. The highest BCUT2D eigenvalue weighted by Gasteiger charge is 2.14. The third kappa shape index (κ3) is 5.37. The Hall–Kier alpha value is -1.10. The largest absolute Gasteiger partial charge is 0.368 e. The average molecular weight is 213 g/mol. The van der Waals surface area contributed by atoms with E-state index in [1.807, 2.05) is 0 Å². The molecule has 4 N–H and O–H groups in total. The molecule has 0 aromatic heterocycles. The minimum atomic E-state index is -0.495. The van der Waals surface area contributed by atoms with Gasteiger partial charge in [-0.3, -0.25) is 9.59 Å². The second-order valence-electron chi connectivity index (χ2n) is 3.98. The van der Waals surface area contributed by atoms with Gasteiger partial charge in [-0.2, -0.15) is 0 Å². The summed E-state index contributed by atoms with van der Waals surface area (Å²) in [5.41, 5.74) is 4.92. The summed E-state index contributed by atoms with van der Waals surface area (Å²) in [6, 6.07) is 0. The molecule has 15 heavy (non-hydrogen) atoms. The number of primary amides is 1. The number of piperidine rings is 1. The minimum absolute atomic E-state index is 0.0505. The molecule has 0 spiro atoms. The third-order valence-corrected chi connectivity index (χ3v) is 2.70. The molecular weight excluding hydrogens is 194 g/mol. The fourth-order valence-electron chi connectivity index (χ4n) is 1.78. The van der Waals surface area contributed by atoms with Gasteiger partial charge in [-0.1, -0.05) is 0 Å². The summed E-state index contributed by atoms with van der Waals surface area (Å²) in [5.74, 6) is 0.0723. The first kappa shape index (κ1) is 12.0. The van der Waals surface area contributed by atoms with Crippen molar-refractivity contribution in [1.82, 2.24) is 10.6 Å². The SMILES string of the molecule is NC(=O)CNC(=O)CCC1CCNCC1. The average Bonchev–Trinajstić information content (AvgIpc) is 2.25. The van der Waals surface area contributed by atoms with Gasteiger partial charge < -0.3 is 16.4 Å². The van der Waals surface area contributed by atoms with E-state index in [1.54, 1.807) is 0 Å². The maximum absolute atomic E-state index is 11.3. The van der Waals surface area contributed by atoms with Crippen molar-refractivity contribution in [3.63, 3.8) is 0 Å². The van der Waals surface area contributed by atoms with Crippen LogP contribution in [0.3, 0.4) is 0 Å². The van der Waals surface area contributed by atoms with Crippen LogP contribution in [0.4, 0.5) is 0 Å². The Labute approximate surface area is 89.8 Å². The highest BCUT2D eigenvalue weighted by Crippen LogP contribution is 2.17. The molecule has 0 aromatic rings. The number of amides is 2. The van der Waals surface area contributed by atoms with Crippen molar-refractivity contribution in [2.24, 2.45) is 11.7 Å². The van der Waals surface area contributed by atoms with Gasteiger partial charge in [0.1, 0.15) is 0 Å². The Morgan fingerprint density at radius 3 is 2.60 bits per heavy atom. The summed E-state index contributed by atoms with van der Waals surface area (Å²) in [6.45, 7) is 2.05. The van der Waals surface area contributed by atoms with E-state index in [4.69, 9.17) is 5.73 Å². The summed E-state index contributed by atoms with van der Waals surface area (Å²) in [4.78, 5) is 21.7. The lowest BCUT2D eigenvalue weighted by atomic mass is 9.93. The Morgan fingerprint density at radius 1 is 1.33 bits per heavy atom. The smallest absolute Gasteiger partial charge is 0.236 e. The maximum Gasteiger partial charge on any atom is 0.236 e. The predicted molar refractivity (Wildman–Crippen MR) is 57.0 cm³/mol. The first-order valence-corrected chi connectivity index (χ1v) is 5.44. The van der Waals surface area contributed by atoms with Gasteiger partial charge in [0, 0.05) is 6.42 Å². The number of nitrogens with one attached hydrogen (secondary N) is 2. The molecule has 1 aliphatic rings. The summed E-state index contributed by atoms with van der Waals surface area (Å²) in [5, 5.41) is 5.77. The van der Waals surface area contributed by atoms with E-state index in [9.17, 15) is 9.59 Å². The molecule has 0 aromatic carbocycles. The molecule has 2 amide bonds. The van der Waals surface area contributed by atoms with Crippen LogP contribution in [0.1, 0.15) is 25.7 Å². The van der Waals surface area contributed by atoms with Crippen LogP contribution in [-0.2, 0) is 9.59 Å². The second kappa shape index (κ2) is 6.40. The normalized spacial score (nSPS) is 17.3. The molecule has 86 valence electrons. The van der Waals surface area contributed by atoms with Crippen LogP contribution >= 0.6 is 0 Å². The van der Waals surface area contributed by atoms with E-state index in [-0.39, 0.29) is 12.5 Å². The Kier molecular flexibility index (Phi) is 5.10. The number of carbonyl (C=O) groups excluding carboxylic acids is 2. The second-order valence-corrected chi connectivity index (χ2v) is 3.98. The van der Waals surface area contributed by atoms with Crippen molar-refractivity contribution in [1.29, 1.82) is 0 Å². The number of hydrogen-bond acceptors (Lipinski definition) is 3. The van der Waals surface area contributed by atoms with Gasteiger partial charge in [-0.15, -0.1) is 0 Å². The Balaban J connectivity index is 2.07. The molecule has 5 nitrogen and oxygen atoms in total. The molecule has 0 aliphatic carbocycles. The topological polar surface area (TPSA) is 84.2 Å². The van der Waals surface area contributed by atoms with Crippen molar-refractivity contribution >= 4 is 11.8 Å². The molecule has 0 saturated carbocycles. The molecule has 0 atom stereocenters. The molecule has 1 aliphatic heterocycles. The Morgan fingerprint density at radius 2 is 2.00 bits per heavy atom. The van der Waals surface area contributed by atoms with Gasteiger partial charge in [0.25, 0.3) is 0 Å². The number of nitrogens with two attached hydrogens (primary N) is 1. The van der Waals surface area contributed by atoms with E-state index in [2.05, 4.69) is 10.6 Å². The first-order valence-electron chi connectivity index (χ1n) is 5.44. The summed E-state index contributed by atoms with van der Waals surface area (Å²) < 4.78 is 0. The standard InChI is InChI=1S/C10H19N3O2/c11-9(14)7-13-10(15)2-1-8-3-5-12-6-4-8/h8,12H,1-7H2,(H2,11,14)(H,13,15). The number of hydrogen-bond donors (Lipinski definition) is 3. The van der Waals surface area contributed by atoms with Gasteiger partial charge >= 0.3 is 0 Å². The number of carbonyl (C=O) groups is 2. The number of rotatable bonds is 5. The predicted octanol–water partition coefficient (Wildman–Crippen LogP) is -0.632. The molecule has 1 saturated heterocycles. The third-order valence-electron chi connectivity index (χ3n) is 2.70. The quantitative estimate of drug-likeness (QED) is 0.568. The minimum Gasteiger partial charge on any atom is -0.368 e. The van der Waals surface area contributed by atoms with Crippen molar-refractivity contribution < 1.29 is 9.59 Å². The highest BCUT2D eigenvalue weighted by molar-refractivity contribution is 5.83. The van der Waals surface area contributed by atoms with Gasteiger partial charge in [0.05, 0.1) is 6.54 Å². The monoisotopic (exact) mass is 213 g/mol.